The van der Waals surface area contributed by atoms with Gasteiger partial charge in [-0.05, 0) is 0 Å². The molecule has 0 aliphatic heterocycles. The van der Waals surface area contributed by atoms with E-state index in [2.05, 4.69) is 0 Å². The molecular formula is H5Cl2NPb. The monoisotopic (exact) mass is 297 g/mol. The zero-order chi connectivity index (χ0) is 2.00. The molecule has 1 nitrogen and oxygen atoms in total. The van der Waals surface area contributed by atoms with Crippen molar-refractivity contribution in [1.29, 1.82) is 0 Å². The maximum atomic E-state index is 4.81. The average molecular weight is 297 g/mol. The molecule has 4 heavy (non-hydrogen) atoms. The van der Waals surface area contributed by atoms with E-state index in [1.54, 1.807) is 0 Å². The first kappa shape index (κ1) is 17.9. The fourth-order valence-electron chi connectivity index (χ4n) is 0. The van der Waals surface area contributed by atoms with Gasteiger partial charge in [0.2, 0.25) is 0 Å². The fraction of sp³-hybridized carbons (Fsp3) is 0. The molecule has 0 aliphatic rings. The summed E-state index contributed by atoms with van der Waals surface area (Å²) in [5.74, 6) is 0. The smallest absolute Gasteiger partial charge is 0.369 e. The minimum atomic E-state index is 0. The topological polar surface area (TPSA) is 36.5 Å². The molecule has 0 heterocycles. The summed E-state index contributed by atoms with van der Waals surface area (Å²) >= 11 is 0.639. The molecule has 0 fully saturated rings. The van der Waals surface area contributed by atoms with Gasteiger partial charge >= 0.3 is 32.9 Å². The Morgan fingerprint density at radius 2 is 1.25 bits per heavy atom. The number of hydrogen-bond acceptors (Lipinski definition) is 0. The van der Waals surface area contributed by atoms with Crippen LogP contribution < -0.4 is 18.6 Å². The van der Waals surface area contributed by atoms with Gasteiger partial charge in [-0.25, -0.2) is 0 Å². The molecular weight excluding hydrogens is 292 g/mol. The van der Waals surface area contributed by atoms with Crippen LogP contribution >= 0.6 is 8.32 Å². The second kappa shape index (κ2) is 25.0. The molecule has 28 valence electrons. The first-order valence-electron chi connectivity index (χ1n) is 0.218. The predicted molar refractivity (Wildman–Crippen MR) is 19.0 cm³/mol. The van der Waals surface area contributed by atoms with Crippen molar-refractivity contribution in [1.82, 2.24) is 6.15 Å². The van der Waals surface area contributed by atoms with Gasteiger partial charge in [0.25, 0.3) is 0 Å². The van der Waals surface area contributed by atoms with Crippen molar-refractivity contribution in [3.05, 3.63) is 0 Å². The van der Waals surface area contributed by atoms with E-state index in [0.29, 0.717) is 24.5 Å². The van der Waals surface area contributed by atoms with Gasteiger partial charge in [-0.3, -0.25) is 0 Å². The van der Waals surface area contributed by atoms with Crippen molar-refractivity contribution < 1.29 is 12.4 Å². The molecule has 0 bridgehead atoms. The minimum Gasteiger partial charge on any atom is -0.369 e. The summed E-state index contributed by atoms with van der Waals surface area (Å²) in [5, 5.41) is 0. The van der Waals surface area contributed by atoms with Gasteiger partial charge in [0.05, 0.1) is 0 Å². The molecule has 0 aromatic heterocycles. The third-order valence-electron chi connectivity index (χ3n) is 0. The Hall–Kier alpha value is 1.46. The molecule has 0 saturated heterocycles. The fourth-order valence-corrected chi connectivity index (χ4v) is 0. The van der Waals surface area contributed by atoms with Crippen LogP contribution in [0, 0.1) is 0 Å². The van der Waals surface area contributed by atoms with Gasteiger partial charge in [0, 0.05) is 0 Å². The van der Waals surface area contributed by atoms with Crippen LogP contribution in [0.1, 0.15) is 0 Å². The number of quaternary nitrogens is 1. The van der Waals surface area contributed by atoms with Gasteiger partial charge in [0.15, 0.2) is 0 Å². The van der Waals surface area contributed by atoms with Crippen LogP contribution in [0.15, 0.2) is 0 Å². The summed E-state index contributed by atoms with van der Waals surface area (Å²) in [6.45, 7) is 0. The van der Waals surface area contributed by atoms with Crippen LogP contribution in [-0.2, 0) is 0 Å². The van der Waals surface area contributed by atoms with Gasteiger partial charge in [-0.1, -0.05) is 0 Å². The van der Waals surface area contributed by atoms with E-state index in [-0.39, 0.29) is 18.6 Å². The standard InChI is InChI=1S/2ClH.H3N.Pb.H/h2*1H;1H3;;/q;;;+1;/p-1. The molecule has 0 rings (SSSR count). The Labute approximate surface area is 51.2 Å². The second-order valence-electron chi connectivity index (χ2n) is 0. The zero-order valence-electron chi connectivity index (χ0n) is 2.33. The van der Waals surface area contributed by atoms with E-state index < -0.39 is 0 Å². The van der Waals surface area contributed by atoms with Crippen LogP contribution in [0.5, 0.6) is 0 Å². The minimum absolute atomic E-state index is 0. The second-order valence-corrected chi connectivity index (χ2v) is 0. The molecule has 0 atom stereocenters. The van der Waals surface area contributed by atoms with E-state index in [4.69, 9.17) is 8.32 Å². The maximum Gasteiger partial charge on any atom is -0.369 e. The van der Waals surface area contributed by atoms with Gasteiger partial charge in [-0.15, -0.1) is 0 Å². The number of rotatable bonds is 0. The first-order valence-corrected chi connectivity index (χ1v) is 5.74. The van der Waals surface area contributed by atoms with E-state index in [0.717, 1.165) is 0 Å². The van der Waals surface area contributed by atoms with E-state index in [1.807, 2.05) is 0 Å². The molecule has 2 radical (unpaired) electrons. The molecule has 0 saturated carbocycles. The third-order valence-corrected chi connectivity index (χ3v) is 0. The van der Waals surface area contributed by atoms with Gasteiger partial charge in [0.1, 0.15) is 0 Å². The van der Waals surface area contributed by atoms with Crippen LogP contribution in [0.2, 0.25) is 0 Å². The number of hydrogen-bond donors (Lipinski definition) is 1. The predicted octanol–water partition coefficient (Wildman–Crippen LogP) is -2.58. The largest absolute Gasteiger partial charge is 0.369 e. The average Bonchev–Trinajstić information content (AvgIpc) is 1.00. The van der Waals surface area contributed by atoms with Gasteiger partial charge in [-0.2, -0.15) is 0 Å². The van der Waals surface area contributed by atoms with E-state index in [9.17, 15) is 0 Å². The molecule has 0 aliphatic carbocycles. The van der Waals surface area contributed by atoms with E-state index >= 15 is 0 Å². The van der Waals surface area contributed by atoms with Gasteiger partial charge < -0.3 is 18.6 Å². The Balaban J connectivity index is -0.00000000500. The molecule has 0 unspecified atom stereocenters. The SMILES string of the molecule is [Cl-].[Cl][PbH].[NH4+]. The van der Waals surface area contributed by atoms with Crippen molar-refractivity contribution >= 4 is 32.9 Å². The van der Waals surface area contributed by atoms with Crippen molar-refractivity contribution in [2.75, 3.05) is 0 Å². The summed E-state index contributed by atoms with van der Waals surface area (Å²) < 4.78 is 0. The molecule has 0 amide bonds. The summed E-state index contributed by atoms with van der Waals surface area (Å²) in [5.41, 5.74) is 0. The van der Waals surface area contributed by atoms with Crippen molar-refractivity contribution in [3.8, 4) is 0 Å². The normalized spacial score (nSPS) is 1.50. The van der Waals surface area contributed by atoms with Crippen molar-refractivity contribution in [2.24, 2.45) is 0 Å². The Bertz CT molecular complexity index is 6.00. The summed E-state index contributed by atoms with van der Waals surface area (Å²) in [4.78, 5) is 0. The third kappa shape index (κ3) is 9.82. The van der Waals surface area contributed by atoms with Crippen LogP contribution in [0.4, 0.5) is 0 Å². The van der Waals surface area contributed by atoms with Crippen LogP contribution in [-0.4, -0.2) is 24.5 Å². The number of halogens is 2. The van der Waals surface area contributed by atoms with E-state index in [1.165, 1.54) is 0 Å². The molecule has 0 spiro atoms. The summed E-state index contributed by atoms with van der Waals surface area (Å²) in [6, 6.07) is 0. The molecule has 0 aromatic rings. The Morgan fingerprint density at radius 3 is 1.25 bits per heavy atom. The molecule has 4 heteroatoms. The Morgan fingerprint density at radius 1 is 1.25 bits per heavy atom. The summed E-state index contributed by atoms with van der Waals surface area (Å²) in [7, 11) is 4.81. The Kier molecular flexibility index (Phi) is 112. The molecule has 0 aromatic carbocycles. The summed E-state index contributed by atoms with van der Waals surface area (Å²) in [6.07, 6.45) is 0. The quantitative estimate of drug-likeness (QED) is 0.477. The first-order chi connectivity index (χ1) is 1.00. The maximum absolute atomic E-state index is 4.81. The zero-order valence-corrected chi connectivity index (χ0v) is 8.33. The van der Waals surface area contributed by atoms with Crippen molar-refractivity contribution in [3.63, 3.8) is 0 Å². The van der Waals surface area contributed by atoms with Crippen molar-refractivity contribution in [2.45, 2.75) is 0 Å². The van der Waals surface area contributed by atoms with Crippen LogP contribution in [0.3, 0.4) is 0 Å². The van der Waals surface area contributed by atoms with Crippen LogP contribution in [0.25, 0.3) is 0 Å². The molecule has 4 N–H and O–H groups in total.